The van der Waals surface area contributed by atoms with Crippen molar-refractivity contribution in [1.82, 2.24) is 14.5 Å². The van der Waals surface area contributed by atoms with Gasteiger partial charge in [-0.05, 0) is 70.6 Å². The molecule has 0 bridgehead atoms. The van der Waals surface area contributed by atoms with Gasteiger partial charge >= 0.3 is 0 Å². The molecule has 3 aromatic heterocycles. The van der Waals surface area contributed by atoms with E-state index in [4.69, 9.17) is 14.4 Å². The lowest BCUT2D eigenvalue weighted by atomic mass is 9.85. The topological polar surface area (TPSA) is 64.1 Å². The minimum atomic E-state index is -0.0398. The van der Waals surface area contributed by atoms with Crippen LogP contribution in [-0.2, 0) is 5.41 Å². The molecule has 0 aliphatic carbocycles. The Balaban J connectivity index is 1.27. The number of imidazole rings is 1. The number of pyridine rings is 1. The Kier molecular flexibility index (Phi) is 7.11. The zero-order valence-electron chi connectivity index (χ0n) is 28.6. The average Bonchev–Trinajstić information content (AvgIpc) is 3.73. The van der Waals surface area contributed by atoms with Crippen molar-refractivity contribution in [2.24, 2.45) is 0 Å². The van der Waals surface area contributed by atoms with Gasteiger partial charge in [-0.25, -0.2) is 4.98 Å². The van der Waals surface area contributed by atoms with Crippen LogP contribution in [0.4, 0.5) is 0 Å². The number of rotatable bonds is 5. The summed E-state index contributed by atoms with van der Waals surface area (Å²) in [5.74, 6) is 0.852. The summed E-state index contributed by atoms with van der Waals surface area (Å²) in [4.78, 5) is 10.1. The van der Waals surface area contributed by atoms with Crippen molar-refractivity contribution in [2.75, 3.05) is 0 Å². The fourth-order valence-corrected chi connectivity index (χ4v) is 7.10. The predicted molar refractivity (Wildman–Crippen MR) is 208 cm³/mol. The molecule has 0 amide bonds. The van der Waals surface area contributed by atoms with Crippen LogP contribution in [0.1, 0.15) is 26.3 Å². The molecule has 1 N–H and O–H groups in total. The van der Waals surface area contributed by atoms with Gasteiger partial charge in [0.2, 0.25) is 0 Å². The van der Waals surface area contributed by atoms with E-state index in [1.807, 2.05) is 48.7 Å². The molecule has 0 saturated heterocycles. The van der Waals surface area contributed by atoms with Gasteiger partial charge in [0.15, 0.2) is 5.58 Å². The highest BCUT2D eigenvalue weighted by atomic mass is 16.3. The van der Waals surface area contributed by atoms with Crippen LogP contribution in [0.3, 0.4) is 0 Å². The summed E-state index contributed by atoms with van der Waals surface area (Å²) >= 11 is 0. The Bertz CT molecular complexity index is 2750. The first-order valence-electron chi connectivity index (χ1n) is 17.2. The fourth-order valence-electron chi connectivity index (χ4n) is 7.10. The molecule has 0 unspecified atom stereocenters. The molecule has 0 radical (unpaired) electrons. The Labute approximate surface area is 296 Å². The Hall–Kier alpha value is -6.46. The number of phenols is 1. The van der Waals surface area contributed by atoms with Crippen LogP contribution in [-0.4, -0.2) is 19.6 Å². The summed E-state index contributed by atoms with van der Waals surface area (Å²) in [6, 6.07) is 49.6. The molecule has 0 atom stereocenters. The first kappa shape index (κ1) is 30.6. The third-order valence-corrected chi connectivity index (χ3v) is 9.75. The molecule has 51 heavy (non-hydrogen) atoms. The Morgan fingerprint density at radius 3 is 2.16 bits per heavy atom. The van der Waals surface area contributed by atoms with E-state index in [0.29, 0.717) is 11.4 Å². The smallest absolute Gasteiger partial charge is 0.153 e. The Morgan fingerprint density at radius 2 is 1.31 bits per heavy atom. The number of fused-ring (bicyclic) bond motifs is 4. The lowest BCUT2D eigenvalue weighted by molar-refractivity contribution is 0.477. The van der Waals surface area contributed by atoms with Crippen molar-refractivity contribution in [3.05, 3.63) is 157 Å². The van der Waals surface area contributed by atoms with Gasteiger partial charge in [0.25, 0.3) is 0 Å². The second kappa shape index (κ2) is 11.9. The maximum atomic E-state index is 11.2. The van der Waals surface area contributed by atoms with Gasteiger partial charge in [-0.15, -0.1) is 0 Å². The quantitative estimate of drug-likeness (QED) is 0.199. The number of aromatic hydroxyl groups is 1. The number of furan rings is 1. The van der Waals surface area contributed by atoms with Gasteiger partial charge < -0.3 is 9.52 Å². The first-order valence-corrected chi connectivity index (χ1v) is 17.2. The molecule has 0 aliphatic rings. The van der Waals surface area contributed by atoms with Gasteiger partial charge in [-0.2, -0.15) is 0 Å². The van der Waals surface area contributed by atoms with Crippen LogP contribution in [0.15, 0.2) is 156 Å². The molecule has 246 valence electrons. The molecule has 3 heterocycles. The first-order chi connectivity index (χ1) is 24.8. The molecule has 5 heteroatoms. The fraction of sp³-hybridized carbons (Fsp3) is 0.0870. The molecular weight excluding hydrogens is 627 g/mol. The van der Waals surface area contributed by atoms with Crippen molar-refractivity contribution in [2.45, 2.75) is 26.2 Å². The minimum Gasteiger partial charge on any atom is -0.507 e. The molecule has 6 aromatic carbocycles. The lowest BCUT2D eigenvalue weighted by Crippen LogP contribution is -2.12. The van der Waals surface area contributed by atoms with Crippen molar-refractivity contribution in [3.8, 4) is 56.3 Å². The maximum absolute atomic E-state index is 11.2. The summed E-state index contributed by atoms with van der Waals surface area (Å²) in [6.45, 7) is 6.71. The van der Waals surface area contributed by atoms with Crippen LogP contribution < -0.4 is 0 Å². The Morgan fingerprint density at radius 1 is 0.588 bits per heavy atom. The number of phenolic OH excluding ortho intramolecular Hbond substituents is 1. The van der Waals surface area contributed by atoms with E-state index in [0.717, 1.165) is 72.2 Å². The van der Waals surface area contributed by atoms with E-state index in [9.17, 15) is 5.11 Å². The average molecular weight is 662 g/mol. The number of nitrogens with zero attached hydrogens (tertiary/aromatic N) is 3. The highest BCUT2D eigenvalue weighted by Gasteiger charge is 2.23. The van der Waals surface area contributed by atoms with Crippen LogP contribution in [0, 0.1) is 0 Å². The standard InChI is InChI=1S/C46H35N3O2/c1-46(2,3)32-23-24-39(36(26-32)29-13-5-4-6-14-29)49-40-20-12-19-33(44(40)48-45(49)35-18-7-9-21-41(35)50)30-15-11-16-31(25-30)38-27-37-34-17-8-10-22-42(34)51-43(37)28-47-38/h4-28,50H,1-3H3. The monoisotopic (exact) mass is 661 g/mol. The third-order valence-electron chi connectivity index (χ3n) is 9.75. The number of hydrogen-bond acceptors (Lipinski definition) is 4. The molecule has 0 fully saturated rings. The van der Waals surface area contributed by atoms with Gasteiger partial charge in [-0.1, -0.05) is 118 Å². The second-order valence-electron chi connectivity index (χ2n) is 14.1. The summed E-state index contributed by atoms with van der Waals surface area (Å²) in [5, 5.41) is 13.3. The largest absolute Gasteiger partial charge is 0.507 e. The maximum Gasteiger partial charge on any atom is 0.153 e. The van der Waals surface area contributed by atoms with Crippen LogP contribution in [0.5, 0.6) is 5.75 Å². The van der Waals surface area contributed by atoms with E-state index >= 15 is 0 Å². The van der Waals surface area contributed by atoms with E-state index in [2.05, 4.69) is 122 Å². The van der Waals surface area contributed by atoms with Crippen molar-refractivity contribution in [3.63, 3.8) is 0 Å². The van der Waals surface area contributed by atoms with Crippen LogP contribution in [0.25, 0.3) is 83.6 Å². The molecule has 9 rings (SSSR count). The van der Waals surface area contributed by atoms with Crippen LogP contribution >= 0.6 is 0 Å². The highest BCUT2D eigenvalue weighted by molar-refractivity contribution is 6.06. The van der Waals surface area contributed by atoms with E-state index < -0.39 is 0 Å². The van der Waals surface area contributed by atoms with Crippen LogP contribution in [0.2, 0.25) is 0 Å². The van der Waals surface area contributed by atoms with Crippen molar-refractivity contribution < 1.29 is 9.52 Å². The van der Waals surface area contributed by atoms with E-state index in [-0.39, 0.29) is 11.2 Å². The normalized spacial score (nSPS) is 11.9. The van der Waals surface area contributed by atoms with Crippen molar-refractivity contribution in [1.29, 1.82) is 0 Å². The molecule has 5 nitrogen and oxygen atoms in total. The SMILES string of the molecule is CC(C)(C)c1ccc(-n2c(-c3ccccc3O)nc3c(-c4cccc(-c5cc6c(cn5)oc5ccccc56)c4)cccc32)c(-c2ccccc2)c1. The number of aromatic nitrogens is 3. The number of hydrogen-bond donors (Lipinski definition) is 1. The highest BCUT2D eigenvalue weighted by Crippen LogP contribution is 2.41. The predicted octanol–water partition coefficient (Wildman–Crippen LogP) is 12.0. The molecule has 9 aromatic rings. The molecule has 0 aliphatic heterocycles. The lowest BCUT2D eigenvalue weighted by Gasteiger charge is -2.23. The molecule has 0 saturated carbocycles. The minimum absolute atomic E-state index is 0.0398. The van der Waals surface area contributed by atoms with Gasteiger partial charge in [0, 0.05) is 27.5 Å². The third kappa shape index (κ3) is 5.26. The summed E-state index contributed by atoms with van der Waals surface area (Å²) in [5.41, 5.74) is 12.4. The zero-order chi connectivity index (χ0) is 34.7. The summed E-state index contributed by atoms with van der Waals surface area (Å²) < 4.78 is 8.25. The second-order valence-corrected chi connectivity index (χ2v) is 14.1. The van der Waals surface area contributed by atoms with E-state index in [1.165, 1.54) is 5.56 Å². The van der Waals surface area contributed by atoms with Gasteiger partial charge in [0.05, 0.1) is 34.2 Å². The summed E-state index contributed by atoms with van der Waals surface area (Å²) in [6.07, 6.45) is 1.81. The van der Waals surface area contributed by atoms with Gasteiger partial charge in [0.1, 0.15) is 17.2 Å². The van der Waals surface area contributed by atoms with Gasteiger partial charge in [-0.3, -0.25) is 9.55 Å². The van der Waals surface area contributed by atoms with Crippen molar-refractivity contribution >= 4 is 33.0 Å². The molecular formula is C46H35N3O2. The zero-order valence-corrected chi connectivity index (χ0v) is 28.6. The number of benzene rings is 6. The van der Waals surface area contributed by atoms with E-state index in [1.54, 1.807) is 6.07 Å². The number of para-hydroxylation sites is 3. The summed E-state index contributed by atoms with van der Waals surface area (Å²) in [7, 11) is 0. The molecule has 0 spiro atoms.